The molecule has 0 radical (unpaired) electrons. The van der Waals surface area contributed by atoms with Crippen molar-refractivity contribution in [2.45, 2.75) is 31.7 Å². The molecule has 0 heterocycles. The normalized spacial score (nSPS) is 14.7. The van der Waals surface area contributed by atoms with Gasteiger partial charge in [-0.2, -0.15) is 0 Å². The van der Waals surface area contributed by atoms with E-state index < -0.39 is 0 Å². The first-order valence-electron chi connectivity index (χ1n) is 5.43. The first-order valence-corrected chi connectivity index (χ1v) is 5.43. The summed E-state index contributed by atoms with van der Waals surface area (Å²) in [5.74, 6) is -0.143. The van der Waals surface area contributed by atoms with Gasteiger partial charge in [-0.1, -0.05) is 0 Å². The van der Waals surface area contributed by atoms with E-state index in [0.29, 0.717) is 12.5 Å². The molecule has 0 spiro atoms. The summed E-state index contributed by atoms with van der Waals surface area (Å²) in [6.07, 6.45) is 3.41. The van der Waals surface area contributed by atoms with Crippen LogP contribution in [-0.2, 0) is 9.59 Å². The second-order valence-electron chi connectivity index (χ2n) is 3.83. The Bertz CT molecular complexity index is 227. The van der Waals surface area contributed by atoms with Crippen molar-refractivity contribution in [3.05, 3.63) is 0 Å². The van der Waals surface area contributed by atoms with Gasteiger partial charge in [-0.05, 0) is 32.9 Å². The summed E-state index contributed by atoms with van der Waals surface area (Å²) in [4.78, 5) is 22.4. The van der Waals surface area contributed by atoms with E-state index in [2.05, 4.69) is 16.0 Å². The molecule has 0 aromatic heterocycles. The largest absolute Gasteiger partial charge is 0.352 e. The van der Waals surface area contributed by atoms with Crippen LogP contribution in [0.25, 0.3) is 0 Å². The van der Waals surface area contributed by atoms with Crippen molar-refractivity contribution >= 4 is 11.8 Å². The molecule has 86 valence electrons. The maximum Gasteiger partial charge on any atom is 0.239 e. The fourth-order valence-electron chi connectivity index (χ4n) is 1.20. The van der Waals surface area contributed by atoms with Crippen LogP contribution >= 0.6 is 0 Å². The van der Waals surface area contributed by atoms with Gasteiger partial charge < -0.3 is 16.0 Å². The Morgan fingerprint density at radius 3 is 2.60 bits per heavy atom. The highest BCUT2D eigenvalue weighted by Gasteiger charge is 2.22. The lowest BCUT2D eigenvalue weighted by molar-refractivity contribution is -0.126. The lowest BCUT2D eigenvalue weighted by Gasteiger charge is -2.05. The van der Waals surface area contributed by atoms with Gasteiger partial charge in [-0.3, -0.25) is 9.59 Å². The van der Waals surface area contributed by atoms with Crippen molar-refractivity contribution in [1.29, 1.82) is 0 Å². The summed E-state index contributed by atoms with van der Waals surface area (Å²) in [6, 6.07) is 0.360. The molecule has 0 aromatic rings. The second kappa shape index (κ2) is 6.40. The molecule has 0 aliphatic heterocycles. The summed E-state index contributed by atoms with van der Waals surface area (Å²) in [5.41, 5.74) is 0. The molecule has 3 N–H and O–H groups in total. The maximum absolute atomic E-state index is 11.2. The van der Waals surface area contributed by atoms with E-state index in [4.69, 9.17) is 0 Å². The number of hydrogen-bond acceptors (Lipinski definition) is 3. The number of carbonyl (C=O) groups excluding carboxylic acids is 2. The topological polar surface area (TPSA) is 70.2 Å². The Morgan fingerprint density at radius 1 is 1.27 bits per heavy atom. The van der Waals surface area contributed by atoms with E-state index in [1.54, 1.807) is 0 Å². The SMILES string of the molecule is CNCCCC(=O)NCC(=O)NC1CC1. The molecule has 1 aliphatic rings. The van der Waals surface area contributed by atoms with Crippen molar-refractivity contribution in [2.24, 2.45) is 0 Å². The molecule has 5 nitrogen and oxygen atoms in total. The van der Waals surface area contributed by atoms with Crippen molar-refractivity contribution < 1.29 is 9.59 Å². The van der Waals surface area contributed by atoms with Gasteiger partial charge in [0.25, 0.3) is 0 Å². The number of amides is 2. The molecule has 1 aliphatic carbocycles. The van der Waals surface area contributed by atoms with E-state index in [1.807, 2.05) is 7.05 Å². The Morgan fingerprint density at radius 2 is 2.00 bits per heavy atom. The summed E-state index contributed by atoms with van der Waals surface area (Å²) >= 11 is 0. The molecule has 0 bridgehead atoms. The molecule has 0 atom stereocenters. The smallest absolute Gasteiger partial charge is 0.239 e. The average molecular weight is 213 g/mol. The first kappa shape index (κ1) is 12.0. The fraction of sp³-hybridized carbons (Fsp3) is 0.800. The molecule has 0 saturated heterocycles. The van der Waals surface area contributed by atoms with Crippen LogP contribution in [0.4, 0.5) is 0 Å². The molecule has 0 unspecified atom stereocenters. The summed E-state index contributed by atoms with van der Waals surface area (Å²) < 4.78 is 0. The summed E-state index contributed by atoms with van der Waals surface area (Å²) in [7, 11) is 1.85. The Labute approximate surface area is 90.0 Å². The highest BCUT2D eigenvalue weighted by molar-refractivity contribution is 5.84. The van der Waals surface area contributed by atoms with E-state index in [1.165, 1.54) is 0 Å². The van der Waals surface area contributed by atoms with Crippen LogP contribution in [0.3, 0.4) is 0 Å². The van der Waals surface area contributed by atoms with Gasteiger partial charge in [0.15, 0.2) is 0 Å². The number of hydrogen-bond donors (Lipinski definition) is 3. The maximum atomic E-state index is 11.2. The molecule has 1 rings (SSSR count). The van der Waals surface area contributed by atoms with E-state index in [0.717, 1.165) is 25.8 Å². The molecule has 2 amide bonds. The third kappa shape index (κ3) is 6.06. The summed E-state index contributed by atoms with van der Waals surface area (Å²) in [5, 5.41) is 8.37. The second-order valence-corrected chi connectivity index (χ2v) is 3.83. The quantitative estimate of drug-likeness (QED) is 0.494. The Balaban J connectivity index is 1.97. The van der Waals surface area contributed by atoms with Crippen molar-refractivity contribution in [3.8, 4) is 0 Å². The lowest BCUT2D eigenvalue weighted by atomic mass is 10.3. The number of carbonyl (C=O) groups is 2. The van der Waals surface area contributed by atoms with Gasteiger partial charge in [0.05, 0.1) is 6.54 Å². The standard InChI is InChI=1S/C10H19N3O2/c1-11-6-2-3-9(14)12-7-10(15)13-8-4-5-8/h8,11H,2-7H2,1H3,(H,12,14)(H,13,15). The minimum Gasteiger partial charge on any atom is -0.352 e. The highest BCUT2D eigenvalue weighted by Crippen LogP contribution is 2.18. The van der Waals surface area contributed by atoms with Gasteiger partial charge in [-0.15, -0.1) is 0 Å². The van der Waals surface area contributed by atoms with E-state index in [-0.39, 0.29) is 18.4 Å². The Kier molecular flexibility index (Phi) is 5.10. The molecule has 1 fully saturated rings. The molecule has 15 heavy (non-hydrogen) atoms. The van der Waals surface area contributed by atoms with Crippen LogP contribution in [0, 0.1) is 0 Å². The Hall–Kier alpha value is -1.10. The first-order chi connectivity index (χ1) is 7.22. The van der Waals surface area contributed by atoms with Gasteiger partial charge in [-0.25, -0.2) is 0 Å². The monoisotopic (exact) mass is 213 g/mol. The third-order valence-corrected chi connectivity index (χ3v) is 2.22. The molecule has 0 aromatic carbocycles. The third-order valence-electron chi connectivity index (χ3n) is 2.22. The van der Waals surface area contributed by atoms with Crippen molar-refractivity contribution in [2.75, 3.05) is 20.1 Å². The fourth-order valence-corrected chi connectivity index (χ4v) is 1.20. The van der Waals surface area contributed by atoms with Crippen LogP contribution in [0.5, 0.6) is 0 Å². The predicted octanol–water partition coefficient (Wildman–Crippen LogP) is -0.619. The molecular formula is C10H19N3O2. The van der Waals surface area contributed by atoms with Crippen LogP contribution in [0.1, 0.15) is 25.7 Å². The molecule has 5 heteroatoms. The minimum absolute atomic E-state index is 0.0591. The van der Waals surface area contributed by atoms with Crippen LogP contribution in [0.2, 0.25) is 0 Å². The van der Waals surface area contributed by atoms with Crippen molar-refractivity contribution in [3.63, 3.8) is 0 Å². The van der Waals surface area contributed by atoms with Gasteiger partial charge in [0.1, 0.15) is 0 Å². The van der Waals surface area contributed by atoms with Crippen molar-refractivity contribution in [1.82, 2.24) is 16.0 Å². The molecular weight excluding hydrogens is 194 g/mol. The van der Waals surface area contributed by atoms with Gasteiger partial charge in [0, 0.05) is 12.5 Å². The zero-order valence-electron chi connectivity index (χ0n) is 9.14. The zero-order chi connectivity index (χ0) is 11.1. The van der Waals surface area contributed by atoms with E-state index >= 15 is 0 Å². The lowest BCUT2D eigenvalue weighted by Crippen LogP contribution is -2.37. The van der Waals surface area contributed by atoms with Crippen LogP contribution in [0.15, 0.2) is 0 Å². The minimum atomic E-state index is -0.0838. The van der Waals surface area contributed by atoms with Gasteiger partial charge in [0.2, 0.25) is 11.8 Å². The number of rotatable bonds is 7. The number of nitrogens with one attached hydrogen (secondary N) is 3. The average Bonchev–Trinajstić information content (AvgIpc) is 2.99. The molecule has 1 saturated carbocycles. The van der Waals surface area contributed by atoms with E-state index in [9.17, 15) is 9.59 Å². The van der Waals surface area contributed by atoms with Crippen LogP contribution < -0.4 is 16.0 Å². The van der Waals surface area contributed by atoms with Gasteiger partial charge >= 0.3 is 0 Å². The highest BCUT2D eigenvalue weighted by atomic mass is 16.2. The zero-order valence-corrected chi connectivity index (χ0v) is 9.14. The predicted molar refractivity (Wildman–Crippen MR) is 57.3 cm³/mol. The summed E-state index contributed by atoms with van der Waals surface area (Å²) in [6.45, 7) is 0.927. The van der Waals surface area contributed by atoms with Crippen LogP contribution in [-0.4, -0.2) is 38.0 Å².